The predicted octanol–water partition coefficient (Wildman–Crippen LogP) is 3.92. The quantitative estimate of drug-likeness (QED) is 0.857. The first kappa shape index (κ1) is 15.3. The van der Waals surface area contributed by atoms with E-state index in [4.69, 9.17) is 0 Å². The third kappa shape index (κ3) is 3.13. The van der Waals surface area contributed by atoms with Gasteiger partial charge in [0.2, 0.25) is 0 Å². The zero-order chi connectivity index (χ0) is 14.9. The number of likely N-dealkylation sites (tertiary alicyclic amines) is 1. The molecular formula is C18H31NO2. The van der Waals surface area contributed by atoms with Gasteiger partial charge in [-0.05, 0) is 56.9 Å². The summed E-state index contributed by atoms with van der Waals surface area (Å²) in [6.45, 7) is 4.18. The fraction of sp³-hybridized carbons (Fsp3) is 0.944. The van der Waals surface area contributed by atoms with Crippen molar-refractivity contribution in [3.05, 3.63) is 0 Å². The Kier molecular flexibility index (Phi) is 4.58. The van der Waals surface area contributed by atoms with Crippen molar-refractivity contribution in [1.82, 2.24) is 4.90 Å². The van der Waals surface area contributed by atoms with Gasteiger partial charge in [0.05, 0.1) is 5.41 Å². The Bertz CT molecular complexity index is 381. The number of hydrogen-bond donors (Lipinski definition) is 1. The number of carbonyl (C=O) groups is 1. The number of carboxylic acid groups (broad SMARTS) is 1. The highest BCUT2D eigenvalue weighted by molar-refractivity contribution is 5.75. The Hall–Kier alpha value is -0.570. The minimum absolute atomic E-state index is 0.461. The molecule has 3 nitrogen and oxygen atoms in total. The van der Waals surface area contributed by atoms with Gasteiger partial charge < -0.3 is 5.11 Å². The van der Waals surface area contributed by atoms with Crippen LogP contribution in [-0.2, 0) is 4.79 Å². The van der Waals surface area contributed by atoms with E-state index < -0.39 is 11.4 Å². The second kappa shape index (κ2) is 6.28. The van der Waals surface area contributed by atoms with Crippen molar-refractivity contribution in [1.29, 1.82) is 0 Å². The maximum Gasteiger partial charge on any atom is 0.310 e. The topological polar surface area (TPSA) is 40.5 Å². The van der Waals surface area contributed by atoms with Crippen molar-refractivity contribution in [2.45, 2.75) is 77.2 Å². The van der Waals surface area contributed by atoms with Crippen LogP contribution in [0.4, 0.5) is 0 Å². The van der Waals surface area contributed by atoms with E-state index in [0.717, 1.165) is 38.3 Å². The highest BCUT2D eigenvalue weighted by Crippen LogP contribution is 2.43. The maximum atomic E-state index is 12.0. The van der Waals surface area contributed by atoms with Crippen LogP contribution in [0.15, 0.2) is 0 Å². The highest BCUT2D eigenvalue weighted by Gasteiger charge is 2.45. The number of carboxylic acids is 1. The Morgan fingerprint density at radius 3 is 2.67 bits per heavy atom. The molecule has 0 aromatic heterocycles. The van der Waals surface area contributed by atoms with Gasteiger partial charge in [-0.15, -0.1) is 0 Å². The van der Waals surface area contributed by atoms with E-state index in [-0.39, 0.29) is 0 Å². The Morgan fingerprint density at radius 1 is 1.14 bits per heavy atom. The normalized spacial score (nSPS) is 41.5. The molecular weight excluding hydrogens is 262 g/mol. The molecule has 2 saturated carbocycles. The molecule has 4 atom stereocenters. The van der Waals surface area contributed by atoms with Gasteiger partial charge >= 0.3 is 5.97 Å². The molecule has 2 unspecified atom stereocenters. The number of hydrogen-bond acceptors (Lipinski definition) is 2. The van der Waals surface area contributed by atoms with Gasteiger partial charge in [-0.3, -0.25) is 9.69 Å². The Morgan fingerprint density at radius 2 is 1.90 bits per heavy atom. The van der Waals surface area contributed by atoms with Gasteiger partial charge in [-0.2, -0.15) is 0 Å². The van der Waals surface area contributed by atoms with Crippen LogP contribution in [0.1, 0.15) is 71.1 Å². The van der Waals surface area contributed by atoms with Crippen LogP contribution >= 0.6 is 0 Å². The van der Waals surface area contributed by atoms with E-state index in [1.54, 1.807) is 0 Å². The van der Waals surface area contributed by atoms with E-state index in [2.05, 4.69) is 11.8 Å². The molecule has 0 amide bonds. The maximum absolute atomic E-state index is 12.0. The molecule has 0 radical (unpaired) electrons. The monoisotopic (exact) mass is 293 g/mol. The van der Waals surface area contributed by atoms with Crippen LogP contribution in [0.5, 0.6) is 0 Å². The minimum Gasteiger partial charge on any atom is -0.481 e. The molecule has 3 rings (SSSR count). The van der Waals surface area contributed by atoms with E-state index in [1.165, 1.54) is 44.9 Å². The van der Waals surface area contributed by atoms with Gasteiger partial charge in [0.15, 0.2) is 0 Å². The molecule has 1 heterocycles. The van der Waals surface area contributed by atoms with Crippen molar-refractivity contribution >= 4 is 5.97 Å². The Labute approximate surface area is 129 Å². The first-order valence-corrected chi connectivity index (χ1v) is 9.08. The van der Waals surface area contributed by atoms with Crippen molar-refractivity contribution in [2.75, 3.05) is 13.1 Å². The van der Waals surface area contributed by atoms with Crippen LogP contribution in [0.25, 0.3) is 0 Å². The summed E-state index contributed by atoms with van der Waals surface area (Å²) in [6, 6.07) is 0.681. The fourth-order valence-electron chi connectivity index (χ4n) is 5.38. The molecule has 0 bridgehead atoms. The van der Waals surface area contributed by atoms with Crippen molar-refractivity contribution in [3.63, 3.8) is 0 Å². The molecule has 0 aromatic carbocycles. The summed E-state index contributed by atoms with van der Waals surface area (Å²) in [5, 5.41) is 9.91. The standard InChI is InChI=1S/C18H31NO2/c1-14-6-4-10-18(12-14,17(20)21)13-19-11-5-8-15-7-2-3-9-16(15)19/h14-16H,2-13H2,1H3,(H,20,21)/t14?,15-,16-,18?/m1/s1. The van der Waals surface area contributed by atoms with Crippen LogP contribution in [0.3, 0.4) is 0 Å². The summed E-state index contributed by atoms with van der Waals surface area (Å²) in [7, 11) is 0. The zero-order valence-electron chi connectivity index (χ0n) is 13.5. The molecule has 21 heavy (non-hydrogen) atoms. The lowest BCUT2D eigenvalue weighted by Gasteiger charge is -2.48. The fourth-order valence-corrected chi connectivity index (χ4v) is 5.38. The first-order chi connectivity index (χ1) is 10.1. The molecule has 3 aliphatic rings. The molecule has 3 fully saturated rings. The summed E-state index contributed by atoms with van der Waals surface area (Å²) >= 11 is 0. The minimum atomic E-state index is -0.535. The average Bonchev–Trinajstić information content (AvgIpc) is 2.47. The third-order valence-electron chi connectivity index (χ3n) is 6.41. The first-order valence-electron chi connectivity index (χ1n) is 9.08. The van der Waals surface area contributed by atoms with E-state index in [1.807, 2.05) is 0 Å². The number of nitrogens with zero attached hydrogens (tertiary/aromatic N) is 1. The lowest BCUT2D eigenvalue weighted by molar-refractivity contribution is -0.155. The largest absolute Gasteiger partial charge is 0.481 e. The van der Waals surface area contributed by atoms with Gasteiger partial charge in [-0.25, -0.2) is 0 Å². The van der Waals surface area contributed by atoms with Crippen LogP contribution in [0.2, 0.25) is 0 Å². The van der Waals surface area contributed by atoms with E-state index >= 15 is 0 Å². The second-order valence-corrected chi connectivity index (χ2v) is 8.01. The molecule has 0 spiro atoms. The third-order valence-corrected chi connectivity index (χ3v) is 6.41. The van der Waals surface area contributed by atoms with Crippen molar-refractivity contribution < 1.29 is 9.90 Å². The molecule has 3 heteroatoms. The lowest BCUT2D eigenvalue weighted by atomic mass is 9.68. The Balaban J connectivity index is 1.74. The van der Waals surface area contributed by atoms with Crippen molar-refractivity contribution in [2.24, 2.45) is 17.3 Å². The molecule has 120 valence electrons. The smallest absolute Gasteiger partial charge is 0.310 e. The summed E-state index contributed by atoms with van der Waals surface area (Å²) in [4.78, 5) is 14.6. The van der Waals surface area contributed by atoms with Gasteiger partial charge in [0.1, 0.15) is 0 Å². The van der Waals surface area contributed by atoms with E-state index in [9.17, 15) is 9.90 Å². The number of rotatable bonds is 3. The van der Waals surface area contributed by atoms with Gasteiger partial charge in [0, 0.05) is 12.6 Å². The van der Waals surface area contributed by atoms with Crippen LogP contribution in [0, 0.1) is 17.3 Å². The number of piperidine rings is 1. The van der Waals surface area contributed by atoms with E-state index in [0.29, 0.717) is 12.0 Å². The molecule has 1 N–H and O–H groups in total. The van der Waals surface area contributed by atoms with Crippen molar-refractivity contribution in [3.8, 4) is 0 Å². The SMILES string of the molecule is CC1CCCC(CN2CCC[C@H]3CCCC[C@H]32)(C(=O)O)C1. The molecule has 2 aliphatic carbocycles. The second-order valence-electron chi connectivity index (χ2n) is 8.01. The number of fused-ring (bicyclic) bond motifs is 1. The zero-order valence-corrected chi connectivity index (χ0v) is 13.5. The average molecular weight is 293 g/mol. The summed E-state index contributed by atoms with van der Waals surface area (Å²) in [5.41, 5.74) is -0.461. The van der Waals surface area contributed by atoms with Crippen LogP contribution in [-0.4, -0.2) is 35.1 Å². The van der Waals surface area contributed by atoms with Crippen LogP contribution < -0.4 is 0 Å². The summed E-state index contributed by atoms with van der Waals surface area (Å²) in [5.74, 6) is 0.883. The highest BCUT2D eigenvalue weighted by atomic mass is 16.4. The van der Waals surface area contributed by atoms with Gasteiger partial charge in [0.25, 0.3) is 0 Å². The number of aliphatic carboxylic acids is 1. The lowest BCUT2D eigenvalue weighted by Crippen LogP contribution is -2.53. The molecule has 1 saturated heterocycles. The molecule has 0 aromatic rings. The molecule has 1 aliphatic heterocycles. The predicted molar refractivity (Wildman–Crippen MR) is 84.3 cm³/mol. The summed E-state index contributed by atoms with van der Waals surface area (Å²) in [6.07, 6.45) is 12.1. The van der Waals surface area contributed by atoms with Gasteiger partial charge in [-0.1, -0.05) is 32.6 Å². The summed E-state index contributed by atoms with van der Waals surface area (Å²) < 4.78 is 0.